The van der Waals surface area contributed by atoms with E-state index >= 15 is 0 Å². The van der Waals surface area contributed by atoms with Gasteiger partial charge < -0.3 is 56.9 Å². The number of ether oxygens (including phenoxy) is 1. The molecule has 6 aromatic carbocycles. The third kappa shape index (κ3) is 26.6. The van der Waals surface area contributed by atoms with Crippen LogP contribution < -0.4 is 31.3 Å². The predicted octanol–water partition coefficient (Wildman–Crippen LogP) is 24.9. The Kier molecular flexibility index (Phi) is 34.9. The van der Waals surface area contributed by atoms with E-state index < -0.39 is 29.8 Å². The van der Waals surface area contributed by atoms with Gasteiger partial charge in [-0.15, -0.1) is 66.9 Å². The molecule has 0 saturated carbocycles. The number of nitrogens with zero attached hydrogens (tertiary/aromatic N) is 10. The van der Waals surface area contributed by atoms with Crippen LogP contribution in [0.3, 0.4) is 0 Å². The molecule has 0 aliphatic heterocycles. The lowest BCUT2D eigenvalue weighted by Gasteiger charge is -2.16. The highest BCUT2D eigenvalue weighted by molar-refractivity contribution is 7.14. The maximum Gasteiger partial charge on any atom is 0.335 e. The Bertz CT molecular complexity index is 6880. The number of carboxylic acids is 5. The van der Waals surface area contributed by atoms with Gasteiger partial charge in [-0.05, 0) is 236 Å². The number of rotatable bonds is 35. The fraction of sp³-hybridized carbons (Fsp3) is 0.144. The Morgan fingerprint density at radius 1 is 0.356 bits per heavy atom. The lowest BCUT2D eigenvalue weighted by Crippen LogP contribution is -2.07. The summed E-state index contributed by atoms with van der Waals surface area (Å²) < 4.78 is 5.35. The number of anilines is 10. The van der Waals surface area contributed by atoms with E-state index in [1.807, 2.05) is 192 Å². The Morgan fingerprint density at radius 2 is 0.689 bits per heavy atom. The molecule has 0 fully saturated rings. The van der Waals surface area contributed by atoms with Crippen LogP contribution in [0.1, 0.15) is 112 Å². The molecule has 0 radical (unpaired) electrons. The first-order chi connectivity index (χ1) is 65.4. The van der Waals surface area contributed by atoms with Crippen molar-refractivity contribution in [2.45, 2.75) is 92.4 Å². The molecular weight excluding hydrogens is 1800 g/mol. The summed E-state index contributed by atoms with van der Waals surface area (Å²) >= 11 is 7.99. The average molecular weight is 1890 g/mol. The van der Waals surface area contributed by atoms with Crippen molar-refractivity contribution in [2.24, 2.45) is 0 Å². The second-order valence-electron chi connectivity index (χ2n) is 30.0. The number of benzene rings is 6. The summed E-state index contributed by atoms with van der Waals surface area (Å²) in [6, 6.07) is 52.8. The van der Waals surface area contributed by atoms with Crippen LogP contribution in [0.25, 0.3) is 65.7 Å². The molecule has 10 aromatic heterocycles. The van der Waals surface area contributed by atoms with Crippen LogP contribution in [0.2, 0.25) is 0 Å². The number of fused-ring (bicyclic) bond motifs is 1. The van der Waals surface area contributed by atoms with E-state index in [0.29, 0.717) is 78.5 Å². The van der Waals surface area contributed by atoms with Crippen molar-refractivity contribution < 1.29 is 54.2 Å². The number of aryl methyl sites for hydroxylation is 5. The van der Waals surface area contributed by atoms with E-state index in [9.17, 15) is 34.2 Å². The van der Waals surface area contributed by atoms with Gasteiger partial charge in [0.15, 0.2) is 29.1 Å². The lowest BCUT2D eigenvalue weighted by atomic mass is 10.1. The molecule has 0 saturated heterocycles. The highest BCUT2D eigenvalue weighted by atomic mass is 32.1. The molecule has 0 bridgehead atoms. The van der Waals surface area contributed by atoms with Gasteiger partial charge >= 0.3 is 29.8 Å². The fourth-order valence-electron chi connectivity index (χ4n) is 13.9. The standard InChI is InChI=1S/C23H19N3O2S.C21H21N3O2S.C20H19N3O3S.2C20H19N3O2S/c1-3-5-19-14(2)24-22(20-6-4-11-29-20)26-21(19)25-18-10-9-15-12-17(23(27)28)8-7-16(15)13-18;1-3-5-17-18(4-2)23-20(15-10-11-27-13-15)24-21(17)22-16-8-6-14(7-9-16)12-19(25)26;1-4-6-14-12(2)21-19(17-7-5-10-27-17)23-18(14)22-15-9-8-13(20(24)25)11-16(15)26-3;1-3-5-16-13(2)21-20(17-6-4-11-26-17)23-19(16)22-15-9-7-14(8-10-15)12-18(24)25;1-3-5-16-17(4-2)22-18(14-10-11-26-12-14)23-19(16)21-15-8-6-13(7-9-15)20(24)25/h3-4,6-13H,1,5H2,2H3,(H,27,28)(H,24,25,26);3,6-11,13H,1,4-5,12H2,2H3,(H,25,26)(H,22,23,24);4-5,7-11H,1,6H2,2-3H3,(H,24,25)(H,21,22,23);3-4,6-11H,1,5,12H2,2H3,(H,24,25)(H,21,22,23);3,6-12H,1,4-5H2,2H3,(H,24,25)(H,21,22,23). The molecule has 0 atom stereocenters. The number of thiophene rings is 5. The van der Waals surface area contributed by atoms with Crippen molar-refractivity contribution in [1.82, 2.24) is 49.8 Å². The summed E-state index contributed by atoms with van der Waals surface area (Å²) in [7, 11) is 1.50. The topological polar surface area (TPSA) is 385 Å². The second-order valence-corrected chi connectivity index (χ2v) is 34.4. The molecule has 0 amide bonds. The molecule has 26 nitrogen and oxygen atoms in total. The zero-order valence-corrected chi connectivity index (χ0v) is 78.9. The van der Waals surface area contributed by atoms with E-state index in [1.165, 1.54) is 19.2 Å². The van der Waals surface area contributed by atoms with Crippen molar-refractivity contribution in [3.63, 3.8) is 0 Å². The molecule has 0 aliphatic carbocycles. The highest BCUT2D eigenvalue weighted by Gasteiger charge is 2.22. The van der Waals surface area contributed by atoms with E-state index in [1.54, 1.807) is 117 Å². The summed E-state index contributed by atoms with van der Waals surface area (Å²) in [5.74, 6) is 2.88. The van der Waals surface area contributed by atoms with E-state index in [0.717, 1.165) is 163 Å². The number of carbonyl (C=O) groups is 5. The van der Waals surface area contributed by atoms with Crippen LogP contribution in [0.5, 0.6) is 5.75 Å². The van der Waals surface area contributed by atoms with Gasteiger partial charge in [0.1, 0.15) is 34.8 Å². The van der Waals surface area contributed by atoms with Gasteiger partial charge in [0.2, 0.25) is 0 Å². The highest BCUT2D eigenvalue weighted by Crippen LogP contribution is 2.37. The zero-order valence-electron chi connectivity index (χ0n) is 74.8. The van der Waals surface area contributed by atoms with Crippen LogP contribution in [-0.4, -0.2) is 112 Å². The largest absolute Gasteiger partial charge is 0.495 e. The van der Waals surface area contributed by atoms with Crippen molar-refractivity contribution in [3.05, 3.63) is 361 Å². The SMILES string of the molecule is C=CCc1c(C)nc(-c2cccs2)nc1Nc1ccc(C(=O)O)cc1OC.C=CCc1c(C)nc(-c2cccs2)nc1Nc1ccc(CC(=O)O)cc1.C=CCc1c(C)nc(-c2cccs2)nc1Nc1ccc2cc(C(=O)O)ccc2c1.C=CCc1c(CC)nc(-c2ccsc2)nc1Nc1ccc(C(=O)O)cc1.C=CCc1c(CC)nc(-c2ccsc2)nc1Nc1ccc(CC(=O)O)cc1. The third-order valence-corrected chi connectivity index (χ3v) is 24.6. The number of nitrogens with one attached hydrogen (secondary N) is 5. The molecule has 31 heteroatoms. The van der Waals surface area contributed by atoms with Crippen molar-refractivity contribution in [3.8, 4) is 60.6 Å². The molecule has 0 aliphatic rings. The second kappa shape index (κ2) is 47.9. The molecule has 684 valence electrons. The van der Waals surface area contributed by atoms with Gasteiger partial charge in [0.25, 0.3) is 0 Å². The monoisotopic (exact) mass is 1890 g/mol. The minimum Gasteiger partial charge on any atom is -0.495 e. The van der Waals surface area contributed by atoms with Crippen LogP contribution in [0.4, 0.5) is 57.5 Å². The number of aromatic nitrogens is 10. The first-order valence-corrected chi connectivity index (χ1v) is 47.0. The van der Waals surface area contributed by atoms with Gasteiger partial charge in [0.05, 0.1) is 57.0 Å². The fourth-order valence-corrected chi connectivity index (χ4v) is 17.2. The maximum absolute atomic E-state index is 11.2. The Labute approximate surface area is 800 Å². The minimum atomic E-state index is -1.01. The van der Waals surface area contributed by atoms with Crippen molar-refractivity contribution in [1.29, 1.82) is 0 Å². The predicted molar refractivity (Wildman–Crippen MR) is 545 cm³/mol. The average Bonchev–Trinajstić information content (AvgIpc) is 1.04. The molecule has 10 N–H and O–H groups in total. The number of hydrogen-bond acceptors (Lipinski definition) is 26. The summed E-state index contributed by atoms with van der Waals surface area (Å²) in [4.78, 5) is 105. The normalized spacial score (nSPS) is 10.6. The number of aliphatic carboxylic acids is 2. The Balaban J connectivity index is 0.000000152. The van der Waals surface area contributed by atoms with E-state index in [-0.39, 0.29) is 29.5 Å². The quantitative estimate of drug-likeness (QED) is 0.0165. The number of aromatic carboxylic acids is 3. The number of allylic oxidation sites excluding steroid dienone is 5. The smallest absolute Gasteiger partial charge is 0.335 e. The summed E-state index contributed by atoms with van der Waals surface area (Å²) in [5, 5.41) is 77.8. The van der Waals surface area contributed by atoms with E-state index in [4.69, 9.17) is 54.9 Å². The number of methoxy groups -OCH3 is 1. The summed E-state index contributed by atoms with van der Waals surface area (Å²) in [5.41, 5.74) is 17.8. The maximum atomic E-state index is 11.2. The Morgan fingerprint density at radius 3 is 1.04 bits per heavy atom. The molecule has 10 heterocycles. The summed E-state index contributed by atoms with van der Waals surface area (Å²) in [6.07, 6.45) is 14.0. The third-order valence-electron chi connectivity index (χ3n) is 20.6. The number of carboxylic acid groups (broad SMARTS) is 5. The van der Waals surface area contributed by atoms with Crippen molar-refractivity contribution in [2.75, 3.05) is 33.7 Å². The molecule has 16 rings (SSSR count). The van der Waals surface area contributed by atoms with E-state index in [2.05, 4.69) is 88.3 Å². The first kappa shape index (κ1) is 98.4. The van der Waals surface area contributed by atoms with Crippen LogP contribution in [-0.2, 0) is 67.4 Å². The van der Waals surface area contributed by atoms with Gasteiger partial charge in [0, 0.05) is 101 Å². The van der Waals surface area contributed by atoms with Crippen LogP contribution in [0, 0.1) is 20.8 Å². The Hall–Kier alpha value is -15.7. The minimum absolute atomic E-state index is 0.0110. The van der Waals surface area contributed by atoms with Gasteiger partial charge in [-0.1, -0.05) is 98.8 Å². The van der Waals surface area contributed by atoms with Crippen LogP contribution in [0.15, 0.2) is 277 Å². The molecular formula is C104H97N15O11S5. The molecule has 0 unspecified atom stereocenters. The van der Waals surface area contributed by atoms with Gasteiger partial charge in [-0.25, -0.2) is 64.2 Å². The van der Waals surface area contributed by atoms with Gasteiger partial charge in [-0.2, -0.15) is 22.7 Å². The lowest BCUT2D eigenvalue weighted by molar-refractivity contribution is -0.137. The summed E-state index contributed by atoms with van der Waals surface area (Å²) in [6.45, 7) is 29.2. The number of hydrogen-bond donors (Lipinski definition) is 10. The molecule has 16 aromatic rings. The van der Waals surface area contributed by atoms with Gasteiger partial charge in [-0.3, -0.25) is 9.59 Å². The molecule has 0 spiro atoms. The zero-order chi connectivity index (χ0) is 96.0. The van der Waals surface area contributed by atoms with Crippen molar-refractivity contribution >= 4 is 155 Å². The first-order valence-electron chi connectivity index (χ1n) is 42.5. The molecule has 135 heavy (non-hydrogen) atoms. The van der Waals surface area contributed by atoms with Crippen LogP contribution >= 0.6 is 56.7 Å².